The number of carbonyl (C=O) groups excluding carboxylic acids is 1. The summed E-state index contributed by atoms with van der Waals surface area (Å²) in [5.41, 5.74) is 4.32. The summed E-state index contributed by atoms with van der Waals surface area (Å²) in [7, 11) is 4.22. The minimum Gasteiger partial charge on any atom is -0.339 e. The van der Waals surface area contributed by atoms with Crippen molar-refractivity contribution in [2.45, 2.75) is 18.9 Å². The third-order valence-electron chi connectivity index (χ3n) is 6.07. The van der Waals surface area contributed by atoms with Crippen LogP contribution in [0, 0.1) is 0 Å². The molecule has 0 bridgehead atoms. The smallest absolute Gasteiger partial charge is 0.253 e. The second-order valence-corrected chi connectivity index (χ2v) is 8.22. The van der Waals surface area contributed by atoms with Gasteiger partial charge in [0.25, 0.3) is 5.91 Å². The number of fused-ring (bicyclic) bond motifs is 2. The van der Waals surface area contributed by atoms with Crippen molar-refractivity contribution in [1.29, 1.82) is 0 Å². The fourth-order valence-corrected chi connectivity index (χ4v) is 4.25. The lowest BCUT2D eigenvalue weighted by molar-refractivity contribution is 0.0663. The van der Waals surface area contributed by atoms with Gasteiger partial charge >= 0.3 is 0 Å². The first-order valence-electron chi connectivity index (χ1n) is 10.4. The molecular formula is C24H25N5O. The zero-order valence-corrected chi connectivity index (χ0v) is 17.3. The van der Waals surface area contributed by atoms with E-state index in [4.69, 9.17) is 4.98 Å². The second kappa shape index (κ2) is 7.54. The molecule has 1 aliphatic rings. The van der Waals surface area contributed by atoms with Gasteiger partial charge in [0.1, 0.15) is 5.82 Å². The van der Waals surface area contributed by atoms with E-state index in [0.29, 0.717) is 11.6 Å². The van der Waals surface area contributed by atoms with Gasteiger partial charge in [-0.2, -0.15) is 0 Å². The number of pyridine rings is 1. The van der Waals surface area contributed by atoms with Crippen LogP contribution in [0.5, 0.6) is 0 Å². The Kier molecular flexibility index (Phi) is 4.71. The van der Waals surface area contributed by atoms with Crippen LogP contribution in [0.3, 0.4) is 0 Å². The minimum atomic E-state index is 0.0950. The summed E-state index contributed by atoms with van der Waals surface area (Å²) in [6, 6.07) is 16.4. The number of imidazole rings is 1. The van der Waals surface area contributed by atoms with Crippen molar-refractivity contribution in [2.75, 3.05) is 27.2 Å². The lowest BCUT2D eigenvalue weighted by Gasteiger charge is -2.35. The highest BCUT2D eigenvalue weighted by atomic mass is 16.2. The highest BCUT2D eigenvalue weighted by molar-refractivity contribution is 5.98. The van der Waals surface area contributed by atoms with E-state index in [2.05, 4.69) is 35.0 Å². The fraction of sp³-hybridized carbons (Fsp3) is 0.292. The lowest BCUT2D eigenvalue weighted by atomic mass is 10.0. The van der Waals surface area contributed by atoms with E-state index in [-0.39, 0.29) is 5.91 Å². The van der Waals surface area contributed by atoms with Crippen molar-refractivity contribution in [3.63, 3.8) is 0 Å². The van der Waals surface area contributed by atoms with Crippen LogP contribution in [0.15, 0.2) is 54.7 Å². The van der Waals surface area contributed by atoms with Gasteiger partial charge in [-0.3, -0.25) is 9.78 Å². The predicted octanol–water partition coefficient (Wildman–Crippen LogP) is 3.94. The average Bonchev–Trinajstić information content (AvgIpc) is 3.22. The summed E-state index contributed by atoms with van der Waals surface area (Å²) in [4.78, 5) is 29.8. The van der Waals surface area contributed by atoms with E-state index < -0.39 is 0 Å². The molecule has 2 aromatic heterocycles. The van der Waals surface area contributed by atoms with Crippen LogP contribution < -0.4 is 0 Å². The zero-order chi connectivity index (χ0) is 20.7. The van der Waals surface area contributed by atoms with Gasteiger partial charge in [0.15, 0.2) is 0 Å². The van der Waals surface area contributed by atoms with Crippen molar-refractivity contribution in [2.24, 2.45) is 0 Å². The second-order valence-electron chi connectivity index (χ2n) is 8.22. The molecule has 1 aliphatic heterocycles. The van der Waals surface area contributed by atoms with Crippen LogP contribution in [0.25, 0.3) is 33.3 Å². The van der Waals surface area contributed by atoms with Crippen molar-refractivity contribution in [3.05, 3.63) is 60.3 Å². The molecule has 0 aliphatic carbocycles. The van der Waals surface area contributed by atoms with Gasteiger partial charge in [-0.15, -0.1) is 0 Å². The summed E-state index contributed by atoms with van der Waals surface area (Å²) in [5.74, 6) is 0.859. The molecule has 6 nitrogen and oxygen atoms in total. The van der Waals surface area contributed by atoms with E-state index in [0.717, 1.165) is 59.3 Å². The number of nitrogens with one attached hydrogen (secondary N) is 1. The van der Waals surface area contributed by atoms with Gasteiger partial charge < -0.3 is 14.8 Å². The molecule has 3 heterocycles. The van der Waals surface area contributed by atoms with Crippen molar-refractivity contribution in [1.82, 2.24) is 24.8 Å². The summed E-state index contributed by atoms with van der Waals surface area (Å²) in [6.45, 7) is 1.60. The molecule has 152 valence electrons. The highest BCUT2D eigenvalue weighted by Crippen LogP contribution is 2.24. The standard InChI is InChI=1S/C24H25N5O/c1-28(2)19-9-11-29(12-10-19)24(30)17-7-8-21-22(14-17)27-23(26-21)18-13-16-5-3-4-6-20(16)25-15-18/h3-8,13-15,19H,9-12H2,1-2H3,(H,26,27). The van der Waals surface area contributed by atoms with E-state index in [1.54, 1.807) is 0 Å². The number of aromatic amines is 1. The van der Waals surface area contributed by atoms with Crippen LogP contribution in [0.1, 0.15) is 23.2 Å². The summed E-state index contributed by atoms with van der Waals surface area (Å²) >= 11 is 0. The SMILES string of the molecule is CN(C)C1CCN(C(=O)c2ccc3nc(-c4cnc5ccccc5c4)[nH]c3c2)CC1. The summed E-state index contributed by atoms with van der Waals surface area (Å²) in [6.07, 6.45) is 3.87. The van der Waals surface area contributed by atoms with Crippen LogP contribution in [-0.4, -0.2) is 63.9 Å². The Morgan fingerprint density at radius 3 is 2.67 bits per heavy atom. The summed E-state index contributed by atoms with van der Waals surface area (Å²) in [5, 5.41) is 1.08. The molecule has 0 saturated carbocycles. The lowest BCUT2D eigenvalue weighted by Crippen LogP contribution is -2.44. The molecule has 5 rings (SSSR count). The van der Waals surface area contributed by atoms with E-state index >= 15 is 0 Å². The number of nitrogens with zero attached hydrogens (tertiary/aromatic N) is 4. The van der Waals surface area contributed by atoms with Crippen molar-refractivity contribution in [3.8, 4) is 11.4 Å². The predicted molar refractivity (Wildman–Crippen MR) is 119 cm³/mol. The molecule has 6 heteroatoms. The third kappa shape index (κ3) is 3.44. The number of amides is 1. The number of likely N-dealkylation sites (tertiary alicyclic amines) is 1. The van der Waals surface area contributed by atoms with Gasteiger partial charge in [-0.25, -0.2) is 4.98 Å². The molecule has 0 atom stereocenters. The number of hydrogen-bond donors (Lipinski definition) is 1. The number of piperidine rings is 1. The largest absolute Gasteiger partial charge is 0.339 e. The normalized spacial score (nSPS) is 15.4. The highest BCUT2D eigenvalue weighted by Gasteiger charge is 2.25. The Balaban J connectivity index is 1.40. The number of carbonyl (C=O) groups is 1. The molecule has 0 unspecified atom stereocenters. The van der Waals surface area contributed by atoms with E-state index in [9.17, 15) is 4.79 Å². The first-order valence-corrected chi connectivity index (χ1v) is 10.4. The van der Waals surface area contributed by atoms with Gasteiger partial charge in [0, 0.05) is 41.8 Å². The number of hydrogen-bond acceptors (Lipinski definition) is 4. The van der Waals surface area contributed by atoms with E-state index in [1.807, 2.05) is 53.6 Å². The van der Waals surface area contributed by atoms with Gasteiger partial charge in [0.2, 0.25) is 0 Å². The van der Waals surface area contributed by atoms with Gasteiger partial charge in [0.05, 0.1) is 16.6 Å². The Labute approximate surface area is 175 Å². The molecule has 1 fully saturated rings. The molecule has 1 amide bonds. The van der Waals surface area contributed by atoms with Crippen LogP contribution in [0.4, 0.5) is 0 Å². The molecular weight excluding hydrogens is 374 g/mol. The number of H-pyrrole nitrogens is 1. The molecule has 0 spiro atoms. The van der Waals surface area contributed by atoms with Crippen LogP contribution >= 0.6 is 0 Å². The molecule has 0 radical (unpaired) electrons. The number of rotatable bonds is 3. The third-order valence-corrected chi connectivity index (χ3v) is 6.07. The molecule has 2 aromatic carbocycles. The van der Waals surface area contributed by atoms with Crippen LogP contribution in [0.2, 0.25) is 0 Å². The number of para-hydroxylation sites is 1. The van der Waals surface area contributed by atoms with Crippen LogP contribution in [-0.2, 0) is 0 Å². The Morgan fingerprint density at radius 1 is 1.07 bits per heavy atom. The Morgan fingerprint density at radius 2 is 1.87 bits per heavy atom. The van der Waals surface area contributed by atoms with Gasteiger partial charge in [-0.05, 0) is 57.3 Å². The minimum absolute atomic E-state index is 0.0950. The zero-order valence-electron chi connectivity index (χ0n) is 17.3. The molecule has 1 N–H and O–H groups in total. The number of benzene rings is 2. The Bertz CT molecular complexity index is 1220. The fourth-order valence-electron chi connectivity index (χ4n) is 4.25. The number of aromatic nitrogens is 3. The molecule has 4 aromatic rings. The first-order chi connectivity index (χ1) is 14.6. The maximum Gasteiger partial charge on any atom is 0.253 e. The first kappa shape index (κ1) is 18.8. The average molecular weight is 399 g/mol. The molecule has 30 heavy (non-hydrogen) atoms. The van der Waals surface area contributed by atoms with Gasteiger partial charge in [-0.1, -0.05) is 18.2 Å². The topological polar surface area (TPSA) is 65.1 Å². The van der Waals surface area contributed by atoms with E-state index in [1.165, 1.54) is 0 Å². The Hall–Kier alpha value is -3.25. The quantitative estimate of drug-likeness (QED) is 0.567. The monoisotopic (exact) mass is 399 g/mol. The van der Waals surface area contributed by atoms with Crippen molar-refractivity contribution >= 4 is 27.8 Å². The maximum atomic E-state index is 13.0. The van der Waals surface area contributed by atoms with Crippen molar-refractivity contribution < 1.29 is 4.79 Å². The molecule has 1 saturated heterocycles. The summed E-state index contributed by atoms with van der Waals surface area (Å²) < 4.78 is 0. The maximum absolute atomic E-state index is 13.0.